The SMILES string of the molecule is C1COCCN1.CCNS(=O)(=O)c1nc2c([N+](=O)[O-])cccc2[nH]1. The molecule has 0 bridgehead atoms. The van der Waals surface area contributed by atoms with Gasteiger partial charge in [-0.2, -0.15) is 0 Å². The van der Waals surface area contributed by atoms with Gasteiger partial charge in [0.15, 0.2) is 5.52 Å². The minimum Gasteiger partial charge on any atom is -0.379 e. The van der Waals surface area contributed by atoms with Crippen LogP contribution in [0, 0.1) is 10.1 Å². The van der Waals surface area contributed by atoms with E-state index in [1.807, 2.05) is 0 Å². The second kappa shape index (κ2) is 8.15. The van der Waals surface area contributed by atoms with Gasteiger partial charge in [-0.1, -0.05) is 13.0 Å². The van der Waals surface area contributed by atoms with Gasteiger partial charge in [0.1, 0.15) is 0 Å². The van der Waals surface area contributed by atoms with Gasteiger partial charge in [0.05, 0.1) is 23.7 Å². The Labute approximate surface area is 138 Å². The number of fused-ring (bicyclic) bond motifs is 1. The fourth-order valence-electron chi connectivity index (χ4n) is 2.04. The number of rotatable bonds is 4. The topological polar surface area (TPSA) is 139 Å². The van der Waals surface area contributed by atoms with Gasteiger partial charge in [0.25, 0.3) is 15.7 Å². The number of nitrogens with zero attached hydrogens (tertiary/aromatic N) is 2. The molecule has 0 unspecified atom stereocenters. The number of H-pyrrole nitrogens is 1. The minimum atomic E-state index is -3.75. The normalized spacial score (nSPS) is 14.9. The van der Waals surface area contributed by atoms with E-state index in [0.717, 1.165) is 26.3 Å². The highest BCUT2D eigenvalue weighted by molar-refractivity contribution is 7.89. The Balaban J connectivity index is 0.000000292. The molecular formula is C13H19N5O5S. The summed E-state index contributed by atoms with van der Waals surface area (Å²) in [6.07, 6.45) is 0. The molecule has 0 radical (unpaired) electrons. The van der Waals surface area contributed by atoms with E-state index in [4.69, 9.17) is 4.74 Å². The van der Waals surface area contributed by atoms with Crippen LogP contribution >= 0.6 is 0 Å². The van der Waals surface area contributed by atoms with Crippen LogP contribution in [0.15, 0.2) is 23.4 Å². The van der Waals surface area contributed by atoms with Gasteiger partial charge in [-0.25, -0.2) is 18.1 Å². The fourth-order valence-corrected chi connectivity index (χ4v) is 3.02. The zero-order valence-corrected chi connectivity index (χ0v) is 13.9. The average molecular weight is 357 g/mol. The molecule has 0 spiro atoms. The Morgan fingerprint density at radius 2 is 2.08 bits per heavy atom. The number of imidazole rings is 1. The molecule has 1 aliphatic heterocycles. The summed E-state index contributed by atoms with van der Waals surface area (Å²) >= 11 is 0. The number of nitro benzene ring substituents is 1. The summed E-state index contributed by atoms with van der Waals surface area (Å²) < 4.78 is 30.7. The van der Waals surface area contributed by atoms with Crippen molar-refractivity contribution >= 4 is 26.7 Å². The number of hydrogen-bond donors (Lipinski definition) is 3. The van der Waals surface area contributed by atoms with Crippen LogP contribution in [0.4, 0.5) is 5.69 Å². The maximum absolute atomic E-state index is 11.7. The molecule has 1 aromatic carbocycles. The van der Waals surface area contributed by atoms with Gasteiger partial charge >= 0.3 is 0 Å². The lowest BCUT2D eigenvalue weighted by molar-refractivity contribution is -0.383. The van der Waals surface area contributed by atoms with E-state index in [9.17, 15) is 18.5 Å². The smallest absolute Gasteiger partial charge is 0.297 e. The molecule has 2 heterocycles. The minimum absolute atomic E-state index is 0.0268. The zero-order valence-electron chi connectivity index (χ0n) is 13.1. The number of ether oxygens (including phenoxy) is 1. The molecule has 0 saturated carbocycles. The number of benzene rings is 1. The summed E-state index contributed by atoms with van der Waals surface area (Å²) in [4.78, 5) is 16.5. The van der Waals surface area contributed by atoms with Crippen molar-refractivity contribution in [3.8, 4) is 0 Å². The van der Waals surface area contributed by atoms with E-state index in [1.54, 1.807) is 6.92 Å². The van der Waals surface area contributed by atoms with Crippen LogP contribution in [-0.4, -0.2) is 56.2 Å². The number of aromatic amines is 1. The van der Waals surface area contributed by atoms with Crippen LogP contribution in [0.1, 0.15) is 6.92 Å². The quantitative estimate of drug-likeness (QED) is 0.531. The maximum Gasteiger partial charge on any atom is 0.297 e. The monoisotopic (exact) mass is 357 g/mol. The van der Waals surface area contributed by atoms with Crippen molar-refractivity contribution in [2.24, 2.45) is 0 Å². The van der Waals surface area contributed by atoms with Gasteiger partial charge in [-0.3, -0.25) is 10.1 Å². The molecule has 24 heavy (non-hydrogen) atoms. The Kier molecular flexibility index (Phi) is 6.20. The van der Waals surface area contributed by atoms with Crippen LogP contribution in [-0.2, 0) is 14.8 Å². The molecule has 3 N–H and O–H groups in total. The van der Waals surface area contributed by atoms with Crippen LogP contribution in [0.3, 0.4) is 0 Å². The molecule has 10 nitrogen and oxygen atoms in total. The standard InChI is InChI=1S/C9H10N4O4S.C4H9NO/c1-2-10-18(16,17)9-11-6-4-3-5-7(13(14)15)8(6)12-9;1-3-6-4-2-5-1/h3-5,10H,2H2,1H3,(H,11,12);5H,1-4H2. The van der Waals surface area contributed by atoms with Crippen molar-refractivity contribution in [3.63, 3.8) is 0 Å². The second-order valence-electron chi connectivity index (χ2n) is 4.84. The van der Waals surface area contributed by atoms with Gasteiger partial charge in [0, 0.05) is 25.7 Å². The number of sulfonamides is 1. The lowest BCUT2D eigenvalue weighted by atomic mass is 10.3. The molecule has 1 saturated heterocycles. The van der Waals surface area contributed by atoms with E-state index >= 15 is 0 Å². The van der Waals surface area contributed by atoms with Crippen molar-refractivity contribution in [2.75, 3.05) is 32.8 Å². The molecule has 3 rings (SSSR count). The molecule has 0 aliphatic carbocycles. The Hall–Kier alpha value is -2.08. The lowest BCUT2D eigenvalue weighted by Crippen LogP contribution is -2.30. The highest BCUT2D eigenvalue weighted by atomic mass is 32.2. The van der Waals surface area contributed by atoms with Crippen molar-refractivity contribution in [2.45, 2.75) is 12.1 Å². The number of nitrogens with one attached hydrogen (secondary N) is 3. The summed E-state index contributed by atoms with van der Waals surface area (Å²) in [6, 6.07) is 4.26. The van der Waals surface area contributed by atoms with Crippen LogP contribution in [0.2, 0.25) is 0 Å². The number of hydrogen-bond acceptors (Lipinski definition) is 7. The van der Waals surface area contributed by atoms with Crippen LogP contribution < -0.4 is 10.0 Å². The molecule has 0 atom stereocenters. The zero-order chi connectivity index (χ0) is 17.6. The number of aromatic nitrogens is 2. The lowest BCUT2D eigenvalue weighted by Gasteiger charge is -2.10. The molecule has 2 aromatic rings. The number of nitro groups is 1. The first-order chi connectivity index (χ1) is 11.5. The van der Waals surface area contributed by atoms with E-state index < -0.39 is 14.9 Å². The molecule has 11 heteroatoms. The first-order valence-corrected chi connectivity index (χ1v) is 8.85. The molecule has 132 valence electrons. The Morgan fingerprint density at radius 3 is 2.58 bits per heavy atom. The first-order valence-electron chi connectivity index (χ1n) is 7.37. The predicted molar refractivity (Wildman–Crippen MR) is 87.3 cm³/mol. The summed E-state index contributed by atoms with van der Waals surface area (Å²) in [5.74, 6) is 0. The first kappa shape index (κ1) is 18.3. The summed E-state index contributed by atoms with van der Waals surface area (Å²) in [6.45, 7) is 5.67. The third-order valence-electron chi connectivity index (χ3n) is 3.10. The number of morpholine rings is 1. The third-order valence-corrected chi connectivity index (χ3v) is 4.47. The highest BCUT2D eigenvalue weighted by Gasteiger charge is 2.22. The summed E-state index contributed by atoms with van der Waals surface area (Å²) in [7, 11) is -3.75. The molecule has 0 amide bonds. The van der Waals surface area contributed by atoms with E-state index in [0.29, 0.717) is 5.52 Å². The summed E-state index contributed by atoms with van der Waals surface area (Å²) in [5.41, 5.74) is 0.0985. The summed E-state index contributed by atoms with van der Waals surface area (Å²) in [5, 5.41) is 13.6. The maximum atomic E-state index is 11.7. The van der Waals surface area contributed by atoms with E-state index in [1.165, 1.54) is 18.2 Å². The molecule has 1 aromatic heterocycles. The van der Waals surface area contributed by atoms with Gasteiger partial charge < -0.3 is 15.0 Å². The fraction of sp³-hybridized carbons (Fsp3) is 0.462. The van der Waals surface area contributed by atoms with Crippen molar-refractivity contribution in [1.82, 2.24) is 20.0 Å². The Morgan fingerprint density at radius 1 is 1.38 bits per heavy atom. The van der Waals surface area contributed by atoms with Gasteiger partial charge in [-0.05, 0) is 6.07 Å². The third kappa shape index (κ3) is 4.47. The predicted octanol–water partition coefficient (Wildman–Crippen LogP) is 0.376. The van der Waals surface area contributed by atoms with Crippen LogP contribution in [0.25, 0.3) is 11.0 Å². The van der Waals surface area contributed by atoms with Crippen LogP contribution in [0.5, 0.6) is 0 Å². The highest BCUT2D eigenvalue weighted by Crippen LogP contribution is 2.24. The molecule has 1 aliphatic rings. The van der Waals surface area contributed by atoms with Crippen molar-refractivity contribution in [3.05, 3.63) is 28.3 Å². The largest absolute Gasteiger partial charge is 0.379 e. The Bertz CT molecular complexity index is 789. The van der Waals surface area contributed by atoms with E-state index in [-0.39, 0.29) is 22.9 Å². The number of non-ortho nitro benzene ring substituents is 1. The molecular weight excluding hydrogens is 338 g/mol. The number of para-hydroxylation sites is 1. The van der Waals surface area contributed by atoms with Gasteiger partial charge in [0.2, 0.25) is 5.16 Å². The van der Waals surface area contributed by atoms with Gasteiger partial charge in [-0.15, -0.1) is 0 Å². The average Bonchev–Trinajstić information content (AvgIpc) is 3.02. The van der Waals surface area contributed by atoms with Crippen molar-refractivity contribution in [1.29, 1.82) is 0 Å². The van der Waals surface area contributed by atoms with Crippen molar-refractivity contribution < 1.29 is 18.1 Å². The molecule has 1 fully saturated rings. The second-order valence-corrected chi connectivity index (χ2v) is 6.52. The van der Waals surface area contributed by atoms with E-state index in [2.05, 4.69) is 20.0 Å².